The van der Waals surface area contributed by atoms with Gasteiger partial charge in [-0.1, -0.05) is 18.2 Å². The lowest BCUT2D eigenvalue weighted by atomic mass is 10.3. The van der Waals surface area contributed by atoms with E-state index in [9.17, 15) is 0 Å². The first-order valence-corrected chi connectivity index (χ1v) is 7.22. The van der Waals surface area contributed by atoms with Crippen LogP contribution in [0.2, 0.25) is 0 Å². The van der Waals surface area contributed by atoms with Crippen LogP contribution in [-0.4, -0.2) is 20.3 Å². The number of ether oxygens (including phenoxy) is 2. The van der Waals surface area contributed by atoms with Gasteiger partial charge in [0, 0.05) is 17.5 Å². The van der Waals surface area contributed by atoms with Crippen LogP contribution in [0.15, 0.2) is 41.8 Å². The van der Waals surface area contributed by atoms with Gasteiger partial charge in [0.1, 0.15) is 6.61 Å². The van der Waals surface area contributed by atoms with E-state index in [0.717, 1.165) is 18.0 Å². The number of nitrogens with one attached hydrogen (secondary N) is 1. The lowest BCUT2D eigenvalue weighted by Crippen LogP contribution is -2.23. The molecule has 0 aliphatic heterocycles. The van der Waals surface area contributed by atoms with Crippen molar-refractivity contribution >= 4 is 11.3 Å². The molecule has 0 aliphatic rings. The Morgan fingerprint density at radius 1 is 1.16 bits per heavy atom. The molecule has 0 bridgehead atoms. The molecule has 0 spiro atoms. The van der Waals surface area contributed by atoms with Crippen LogP contribution in [0, 0.1) is 0 Å². The van der Waals surface area contributed by atoms with Gasteiger partial charge < -0.3 is 14.8 Å². The van der Waals surface area contributed by atoms with Gasteiger partial charge in [-0.15, -0.1) is 11.3 Å². The van der Waals surface area contributed by atoms with Crippen molar-refractivity contribution in [3.63, 3.8) is 0 Å². The highest BCUT2D eigenvalue weighted by Gasteiger charge is 2.06. The molecule has 2 rings (SSSR count). The Labute approximate surface area is 118 Å². The molecule has 1 aromatic heterocycles. The van der Waals surface area contributed by atoms with Crippen molar-refractivity contribution in [1.82, 2.24) is 5.32 Å². The highest BCUT2D eigenvalue weighted by atomic mass is 32.1. The Morgan fingerprint density at radius 2 is 1.95 bits per heavy atom. The standard InChI is InChI=1S/C15H19NO2S/c1-12(15-8-5-11-19-15)16-9-10-18-14-7-4-3-6-13(14)17-2/h3-8,11-12,16H,9-10H2,1-2H3/t12-/m1/s1. The van der Waals surface area contributed by atoms with Crippen LogP contribution < -0.4 is 14.8 Å². The van der Waals surface area contributed by atoms with Crippen molar-refractivity contribution in [3.8, 4) is 11.5 Å². The highest BCUT2D eigenvalue weighted by molar-refractivity contribution is 7.10. The van der Waals surface area contributed by atoms with E-state index in [1.807, 2.05) is 24.3 Å². The second-order valence-electron chi connectivity index (χ2n) is 4.19. The van der Waals surface area contributed by atoms with Gasteiger partial charge in [0.2, 0.25) is 0 Å². The summed E-state index contributed by atoms with van der Waals surface area (Å²) in [6.07, 6.45) is 0. The summed E-state index contributed by atoms with van der Waals surface area (Å²) in [6.45, 7) is 3.59. The predicted octanol–water partition coefficient (Wildman–Crippen LogP) is 3.49. The Morgan fingerprint density at radius 3 is 2.63 bits per heavy atom. The number of hydrogen-bond donors (Lipinski definition) is 1. The third-order valence-electron chi connectivity index (χ3n) is 2.85. The van der Waals surface area contributed by atoms with Crippen LogP contribution in [0.3, 0.4) is 0 Å². The Kier molecular flexibility index (Phi) is 5.24. The molecule has 19 heavy (non-hydrogen) atoms. The molecule has 0 aliphatic carbocycles. The average Bonchev–Trinajstić information content (AvgIpc) is 2.98. The van der Waals surface area contributed by atoms with Gasteiger partial charge in [-0.25, -0.2) is 0 Å². The summed E-state index contributed by atoms with van der Waals surface area (Å²) >= 11 is 1.77. The number of methoxy groups -OCH3 is 1. The summed E-state index contributed by atoms with van der Waals surface area (Å²) in [5.74, 6) is 1.56. The summed E-state index contributed by atoms with van der Waals surface area (Å²) in [7, 11) is 1.65. The minimum absolute atomic E-state index is 0.362. The fraction of sp³-hybridized carbons (Fsp3) is 0.333. The van der Waals surface area contributed by atoms with Crippen molar-refractivity contribution < 1.29 is 9.47 Å². The average molecular weight is 277 g/mol. The van der Waals surface area contributed by atoms with Gasteiger partial charge in [0.25, 0.3) is 0 Å². The molecule has 0 saturated carbocycles. The van der Waals surface area contributed by atoms with E-state index < -0.39 is 0 Å². The summed E-state index contributed by atoms with van der Waals surface area (Å²) < 4.78 is 11.0. The zero-order valence-corrected chi connectivity index (χ0v) is 12.1. The topological polar surface area (TPSA) is 30.5 Å². The normalized spacial score (nSPS) is 12.1. The predicted molar refractivity (Wildman–Crippen MR) is 79.2 cm³/mol. The highest BCUT2D eigenvalue weighted by Crippen LogP contribution is 2.25. The van der Waals surface area contributed by atoms with Crippen molar-refractivity contribution in [2.75, 3.05) is 20.3 Å². The largest absolute Gasteiger partial charge is 0.493 e. The minimum atomic E-state index is 0.362. The number of benzene rings is 1. The molecule has 0 unspecified atom stereocenters. The van der Waals surface area contributed by atoms with E-state index in [2.05, 4.69) is 29.8 Å². The lowest BCUT2D eigenvalue weighted by molar-refractivity contribution is 0.288. The number of thiophene rings is 1. The van der Waals surface area contributed by atoms with Gasteiger partial charge in [0.05, 0.1) is 7.11 Å². The van der Waals surface area contributed by atoms with Crippen LogP contribution in [-0.2, 0) is 0 Å². The van der Waals surface area contributed by atoms with Crippen molar-refractivity contribution in [2.24, 2.45) is 0 Å². The van der Waals surface area contributed by atoms with Gasteiger partial charge in [0.15, 0.2) is 11.5 Å². The van der Waals surface area contributed by atoms with Crippen LogP contribution in [0.5, 0.6) is 11.5 Å². The van der Waals surface area contributed by atoms with E-state index in [1.54, 1.807) is 18.4 Å². The Bertz CT molecular complexity index is 485. The first-order valence-electron chi connectivity index (χ1n) is 6.34. The quantitative estimate of drug-likeness (QED) is 0.786. The lowest BCUT2D eigenvalue weighted by Gasteiger charge is -2.14. The molecular formula is C15H19NO2S. The second-order valence-corrected chi connectivity index (χ2v) is 5.17. The van der Waals surface area contributed by atoms with Crippen LogP contribution in [0.4, 0.5) is 0 Å². The SMILES string of the molecule is COc1ccccc1OCCN[C@H](C)c1cccs1. The van der Waals surface area contributed by atoms with Gasteiger partial charge in [-0.3, -0.25) is 0 Å². The first-order chi connectivity index (χ1) is 9.31. The van der Waals surface area contributed by atoms with Crippen LogP contribution >= 0.6 is 11.3 Å². The second kappa shape index (κ2) is 7.16. The molecule has 1 atom stereocenters. The molecule has 1 N–H and O–H groups in total. The van der Waals surface area contributed by atoms with E-state index in [4.69, 9.17) is 9.47 Å². The van der Waals surface area contributed by atoms with Crippen LogP contribution in [0.1, 0.15) is 17.8 Å². The number of hydrogen-bond acceptors (Lipinski definition) is 4. The summed E-state index contributed by atoms with van der Waals surface area (Å²) in [4.78, 5) is 1.34. The molecule has 1 aromatic carbocycles. The zero-order valence-electron chi connectivity index (χ0n) is 11.3. The number of rotatable bonds is 7. The van der Waals surface area contributed by atoms with E-state index >= 15 is 0 Å². The maximum atomic E-state index is 5.71. The summed E-state index contributed by atoms with van der Waals surface area (Å²) in [5, 5.41) is 5.53. The molecule has 2 aromatic rings. The zero-order chi connectivity index (χ0) is 13.5. The van der Waals surface area contributed by atoms with E-state index in [0.29, 0.717) is 12.6 Å². The molecule has 0 saturated heterocycles. The van der Waals surface area contributed by atoms with Crippen molar-refractivity contribution in [2.45, 2.75) is 13.0 Å². The monoisotopic (exact) mass is 277 g/mol. The maximum Gasteiger partial charge on any atom is 0.161 e. The van der Waals surface area contributed by atoms with Crippen LogP contribution in [0.25, 0.3) is 0 Å². The first kappa shape index (κ1) is 13.9. The van der Waals surface area contributed by atoms with Gasteiger partial charge in [-0.05, 0) is 30.5 Å². The molecule has 4 heteroatoms. The van der Waals surface area contributed by atoms with Crippen molar-refractivity contribution in [3.05, 3.63) is 46.7 Å². The fourth-order valence-corrected chi connectivity index (χ4v) is 2.57. The minimum Gasteiger partial charge on any atom is -0.493 e. The fourth-order valence-electron chi connectivity index (χ4n) is 1.81. The van der Waals surface area contributed by atoms with Crippen molar-refractivity contribution in [1.29, 1.82) is 0 Å². The third kappa shape index (κ3) is 3.98. The van der Waals surface area contributed by atoms with E-state index in [1.165, 1.54) is 4.88 Å². The van der Waals surface area contributed by atoms with Gasteiger partial charge in [-0.2, -0.15) is 0 Å². The Balaban J connectivity index is 1.75. The molecule has 3 nitrogen and oxygen atoms in total. The molecule has 1 heterocycles. The maximum absolute atomic E-state index is 5.71. The van der Waals surface area contributed by atoms with E-state index in [-0.39, 0.29) is 0 Å². The smallest absolute Gasteiger partial charge is 0.161 e. The third-order valence-corrected chi connectivity index (χ3v) is 3.90. The summed E-state index contributed by atoms with van der Waals surface area (Å²) in [5.41, 5.74) is 0. The molecular weight excluding hydrogens is 258 g/mol. The number of para-hydroxylation sites is 2. The Hall–Kier alpha value is -1.52. The van der Waals surface area contributed by atoms with Gasteiger partial charge >= 0.3 is 0 Å². The molecule has 0 amide bonds. The molecule has 0 fully saturated rings. The summed E-state index contributed by atoms with van der Waals surface area (Å²) in [6, 6.07) is 12.3. The molecule has 102 valence electrons. The molecule has 0 radical (unpaired) electrons.